The molecule has 0 fully saturated rings. The van der Waals surface area contributed by atoms with Crippen molar-refractivity contribution in [3.05, 3.63) is 169 Å². The van der Waals surface area contributed by atoms with Crippen molar-refractivity contribution in [1.29, 1.82) is 10.5 Å². The molecule has 2 aromatic heterocycles. The fourth-order valence-electron chi connectivity index (χ4n) is 7.27. The Labute approximate surface area is 300 Å². The molecule has 0 N–H and O–H groups in total. The van der Waals surface area contributed by atoms with Crippen LogP contribution in [-0.2, 0) is 0 Å². The highest BCUT2D eigenvalue weighted by molar-refractivity contribution is 6.10. The Bertz CT molecular complexity index is 2720. The number of fused-ring (bicyclic) bond motifs is 6. The minimum absolute atomic E-state index is 0. The molecule has 0 aliphatic heterocycles. The van der Waals surface area contributed by atoms with Crippen LogP contribution in [0, 0.1) is 22.7 Å². The highest BCUT2D eigenvalue weighted by Crippen LogP contribution is 2.38. The third-order valence-corrected chi connectivity index (χ3v) is 9.33. The Hall–Kier alpha value is -6.82. The van der Waals surface area contributed by atoms with Gasteiger partial charge < -0.3 is 9.13 Å². The van der Waals surface area contributed by atoms with Gasteiger partial charge in [0.2, 0.25) is 0 Å². The molecule has 7 aromatic carbocycles. The Morgan fingerprint density at radius 1 is 0.392 bits per heavy atom. The Balaban J connectivity index is 0.00000149. The van der Waals surface area contributed by atoms with Crippen LogP contribution < -0.4 is 0 Å². The van der Waals surface area contributed by atoms with E-state index in [1.54, 1.807) is 0 Å². The van der Waals surface area contributed by atoms with Gasteiger partial charge in [0.1, 0.15) is 0 Å². The summed E-state index contributed by atoms with van der Waals surface area (Å²) in [4.78, 5) is 0. The van der Waals surface area contributed by atoms with Crippen molar-refractivity contribution in [1.82, 2.24) is 9.13 Å². The zero-order valence-electron chi connectivity index (χ0n) is 26.4. The number of nitrogens with zero attached hydrogens (tertiary/aromatic N) is 4. The number of benzene rings is 7. The van der Waals surface area contributed by atoms with Crippen LogP contribution in [0.25, 0.3) is 77.2 Å². The molecule has 51 heavy (non-hydrogen) atoms. The van der Waals surface area contributed by atoms with Crippen molar-refractivity contribution in [3.8, 4) is 45.8 Å². The summed E-state index contributed by atoms with van der Waals surface area (Å²) in [5.74, 6) is 0. The first-order valence-electron chi connectivity index (χ1n) is 15.9. The van der Waals surface area contributed by atoms with Gasteiger partial charge in [-0.25, -0.2) is 0 Å². The molecule has 0 aliphatic carbocycles. The van der Waals surface area contributed by atoms with E-state index in [4.69, 9.17) is 0 Å². The number of hydrogen-bond donors (Lipinski definition) is 0. The number of nitriles is 2. The first-order valence-corrected chi connectivity index (χ1v) is 15.9. The maximum atomic E-state index is 10.3. The molecule has 241 valence electrons. The lowest BCUT2D eigenvalue weighted by Crippen LogP contribution is -1.98. The van der Waals surface area contributed by atoms with Gasteiger partial charge in [-0.3, -0.25) is 0 Å². The zero-order valence-corrected chi connectivity index (χ0v) is 26.4. The molecule has 4 nitrogen and oxygen atoms in total. The largest absolute Gasteiger partial charge is 0.309 e. The topological polar surface area (TPSA) is 57.4 Å². The molecule has 5 heteroatoms. The molecule has 9 aromatic rings. The molecule has 2 heterocycles. The maximum absolute atomic E-state index is 10.3. The summed E-state index contributed by atoms with van der Waals surface area (Å²) < 4.78 is 4.55. The van der Waals surface area contributed by atoms with E-state index >= 15 is 0 Å². The number of hydrogen-bond acceptors (Lipinski definition) is 2. The van der Waals surface area contributed by atoms with Crippen LogP contribution in [0.15, 0.2) is 158 Å². The van der Waals surface area contributed by atoms with Crippen molar-refractivity contribution in [3.63, 3.8) is 0 Å². The molecular weight excluding hydrogens is 619 g/mol. The average molecular weight is 654 g/mol. The van der Waals surface area contributed by atoms with Crippen molar-refractivity contribution < 1.29 is 0 Å². The predicted octanol–water partition coefficient (Wildman–Crippen LogP) is 11.8. The number of rotatable bonds is 4. The summed E-state index contributed by atoms with van der Waals surface area (Å²) in [6, 6.07) is 58.9. The van der Waals surface area contributed by atoms with E-state index in [-0.39, 0.29) is 23.3 Å². The van der Waals surface area contributed by atoms with Gasteiger partial charge >= 0.3 is 0 Å². The fourth-order valence-corrected chi connectivity index (χ4v) is 7.27. The van der Waals surface area contributed by atoms with Crippen LogP contribution in [0.5, 0.6) is 0 Å². The maximum Gasteiger partial charge on any atom is 0.0998 e. The van der Waals surface area contributed by atoms with Crippen molar-refractivity contribution in [2.45, 2.75) is 14.9 Å². The van der Waals surface area contributed by atoms with Crippen molar-refractivity contribution in [2.24, 2.45) is 0 Å². The normalized spacial score (nSPS) is 10.6. The average Bonchev–Trinajstić information content (AvgIpc) is 3.67. The van der Waals surface area contributed by atoms with Gasteiger partial charge in [-0.15, -0.1) is 0 Å². The minimum Gasteiger partial charge on any atom is -0.309 e. The van der Waals surface area contributed by atoms with Gasteiger partial charge in [0, 0.05) is 41.3 Å². The standard InChI is InChI=1S/C44H26N4.2CH4.B/c45-27-29-21-31(24-34(22-29)47-41-17-7-3-13-37(41)38-14-4-8-18-42(38)47)32-23-33(36-12-2-1-11-30(36)28-46)26-35(25-32)48-43-19-9-5-15-39(43)40-16-6-10-20-44(40)48;;;/h1-26H;2*1H4;. The van der Waals surface area contributed by atoms with Crippen molar-refractivity contribution in [2.75, 3.05) is 0 Å². The molecule has 0 spiro atoms. The number of para-hydroxylation sites is 4. The third-order valence-electron chi connectivity index (χ3n) is 9.33. The highest BCUT2D eigenvalue weighted by atomic mass is 15.0. The van der Waals surface area contributed by atoms with Gasteiger partial charge in [-0.2, -0.15) is 10.5 Å². The molecule has 0 saturated carbocycles. The van der Waals surface area contributed by atoms with Crippen LogP contribution in [0.1, 0.15) is 26.0 Å². The molecule has 3 radical (unpaired) electrons. The quantitative estimate of drug-likeness (QED) is 0.178. The molecule has 0 saturated heterocycles. The van der Waals surface area contributed by atoms with Gasteiger partial charge in [0.25, 0.3) is 0 Å². The monoisotopic (exact) mass is 653 g/mol. The van der Waals surface area contributed by atoms with Crippen LogP contribution in [0.2, 0.25) is 0 Å². The predicted molar refractivity (Wildman–Crippen MR) is 215 cm³/mol. The van der Waals surface area contributed by atoms with E-state index in [0.29, 0.717) is 11.1 Å². The van der Waals surface area contributed by atoms with Gasteiger partial charge in [-0.1, -0.05) is 106 Å². The zero-order chi connectivity index (χ0) is 32.2. The summed E-state index contributed by atoms with van der Waals surface area (Å²) in [6.45, 7) is 0. The molecular formula is C46H34BN4. The van der Waals surface area contributed by atoms with Crippen LogP contribution in [0.4, 0.5) is 0 Å². The van der Waals surface area contributed by atoms with E-state index in [1.165, 1.54) is 21.5 Å². The smallest absolute Gasteiger partial charge is 0.0998 e. The summed E-state index contributed by atoms with van der Waals surface area (Å²) in [6.07, 6.45) is 0. The van der Waals surface area contributed by atoms with E-state index < -0.39 is 0 Å². The van der Waals surface area contributed by atoms with E-state index in [1.807, 2.05) is 36.4 Å². The number of aromatic nitrogens is 2. The Kier molecular flexibility index (Phi) is 9.08. The Morgan fingerprint density at radius 2 is 0.784 bits per heavy atom. The second-order valence-corrected chi connectivity index (χ2v) is 12.0. The summed E-state index contributed by atoms with van der Waals surface area (Å²) >= 11 is 0. The van der Waals surface area contributed by atoms with Gasteiger partial charge in [0.15, 0.2) is 0 Å². The summed E-state index contributed by atoms with van der Waals surface area (Å²) in [7, 11) is 0. The third kappa shape index (κ3) is 5.43. The molecule has 0 amide bonds. The SMILES string of the molecule is C.C.N#Cc1cc(-c2cc(-c3ccccc3C#N)cc(-n3c4ccccc4c4ccccc43)c2)cc(-n2c3ccccc3c3ccccc32)c1.[B]. The lowest BCUT2D eigenvalue weighted by molar-refractivity contribution is 1.17. The second kappa shape index (κ2) is 13.6. The van der Waals surface area contributed by atoms with Crippen molar-refractivity contribution >= 4 is 52.0 Å². The summed E-state index contributed by atoms with van der Waals surface area (Å²) in [5, 5.41) is 25.1. The lowest BCUT2D eigenvalue weighted by Gasteiger charge is -2.16. The highest BCUT2D eigenvalue weighted by Gasteiger charge is 2.17. The van der Waals surface area contributed by atoms with E-state index in [0.717, 1.165) is 55.7 Å². The molecule has 0 atom stereocenters. The van der Waals surface area contributed by atoms with Crippen LogP contribution in [0.3, 0.4) is 0 Å². The summed E-state index contributed by atoms with van der Waals surface area (Å²) in [5.41, 5.74) is 11.1. The fraction of sp³-hybridized carbons (Fsp3) is 0.0435. The first-order chi connectivity index (χ1) is 23.7. The van der Waals surface area contributed by atoms with Crippen LogP contribution in [-0.4, -0.2) is 17.5 Å². The first kappa shape index (κ1) is 34.1. The lowest BCUT2D eigenvalue weighted by atomic mass is 9.94. The van der Waals surface area contributed by atoms with Gasteiger partial charge in [-0.05, 0) is 89.0 Å². The molecule has 0 bridgehead atoms. The van der Waals surface area contributed by atoms with Gasteiger partial charge in [0.05, 0.1) is 45.3 Å². The Morgan fingerprint density at radius 3 is 1.25 bits per heavy atom. The molecule has 9 rings (SSSR count). The molecule has 0 unspecified atom stereocenters. The minimum atomic E-state index is 0. The van der Waals surface area contributed by atoms with E-state index in [2.05, 4.69) is 143 Å². The second-order valence-electron chi connectivity index (χ2n) is 12.0. The van der Waals surface area contributed by atoms with E-state index in [9.17, 15) is 10.5 Å². The van der Waals surface area contributed by atoms with Crippen LogP contribution >= 0.6 is 0 Å². The molecule has 0 aliphatic rings.